The number of anilines is 1. The minimum atomic E-state index is -0.346. The Morgan fingerprint density at radius 1 is 1.07 bits per heavy atom. The van der Waals surface area contributed by atoms with Crippen LogP contribution in [0.4, 0.5) is 10.2 Å². The van der Waals surface area contributed by atoms with Gasteiger partial charge in [0.15, 0.2) is 11.5 Å². The number of nitrogens with one attached hydrogen (secondary N) is 1. The average Bonchev–Trinajstić information content (AvgIpc) is 3.22. The number of hydrogen-bond acceptors (Lipinski definition) is 5. The average molecular weight is 419 g/mol. The number of hydrogen-bond donors (Lipinski definition) is 2. The molecule has 30 heavy (non-hydrogen) atoms. The smallest absolute Gasteiger partial charge is 0.183 e. The standard InChI is InChI=1S/C22H16ClFN6/c1-11(21-29-20(25)19-22(30-21)27-10-26-19)15-8-12-6-7-13(24)9-17(12)28-18(15)14-4-2-3-5-16(14)23/h2-11H,1H3,(H3,25,26,27,29,30)/t11-/m1/s1. The molecule has 0 aliphatic carbocycles. The van der Waals surface area contributed by atoms with Gasteiger partial charge in [0.1, 0.15) is 17.2 Å². The second kappa shape index (κ2) is 7.03. The molecule has 0 bridgehead atoms. The van der Waals surface area contributed by atoms with Crippen LogP contribution in [0.3, 0.4) is 0 Å². The van der Waals surface area contributed by atoms with Crippen molar-refractivity contribution in [3.05, 3.63) is 77.1 Å². The molecule has 0 fully saturated rings. The van der Waals surface area contributed by atoms with E-state index in [2.05, 4.69) is 19.9 Å². The highest BCUT2D eigenvalue weighted by atomic mass is 35.5. The van der Waals surface area contributed by atoms with Crippen molar-refractivity contribution in [3.8, 4) is 11.3 Å². The lowest BCUT2D eigenvalue weighted by Gasteiger charge is -2.17. The highest BCUT2D eigenvalue weighted by Gasteiger charge is 2.22. The van der Waals surface area contributed by atoms with Crippen LogP contribution >= 0.6 is 11.6 Å². The second-order valence-corrected chi connectivity index (χ2v) is 7.44. The number of nitrogen functional groups attached to an aromatic ring is 1. The van der Waals surface area contributed by atoms with E-state index in [1.54, 1.807) is 12.1 Å². The number of nitrogens with two attached hydrogens (primary N) is 1. The molecule has 2 aromatic carbocycles. The number of rotatable bonds is 3. The number of halogens is 2. The van der Waals surface area contributed by atoms with E-state index in [0.29, 0.717) is 39.0 Å². The van der Waals surface area contributed by atoms with Crippen molar-refractivity contribution in [3.63, 3.8) is 0 Å². The summed E-state index contributed by atoms with van der Waals surface area (Å²) in [6, 6.07) is 13.9. The van der Waals surface area contributed by atoms with Crippen LogP contribution in [-0.2, 0) is 0 Å². The summed E-state index contributed by atoms with van der Waals surface area (Å²) in [6.07, 6.45) is 1.53. The van der Waals surface area contributed by atoms with Gasteiger partial charge in [-0.3, -0.25) is 0 Å². The Bertz CT molecular complexity index is 1410. The van der Waals surface area contributed by atoms with Crippen LogP contribution in [0.25, 0.3) is 33.3 Å². The van der Waals surface area contributed by atoms with Gasteiger partial charge in [-0.05, 0) is 29.8 Å². The molecule has 0 aliphatic rings. The summed E-state index contributed by atoms with van der Waals surface area (Å²) < 4.78 is 13.8. The van der Waals surface area contributed by atoms with E-state index in [1.165, 1.54) is 18.5 Å². The summed E-state index contributed by atoms with van der Waals surface area (Å²) in [6.45, 7) is 1.97. The summed E-state index contributed by atoms with van der Waals surface area (Å²) in [5.74, 6) is 0.237. The van der Waals surface area contributed by atoms with E-state index < -0.39 is 0 Å². The van der Waals surface area contributed by atoms with Gasteiger partial charge in [-0.2, -0.15) is 0 Å². The summed E-state index contributed by atoms with van der Waals surface area (Å²) in [7, 11) is 0. The molecule has 1 atom stereocenters. The molecule has 0 saturated heterocycles. The van der Waals surface area contributed by atoms with Gasteiger partial charge in [0.05, 0.1) is 17.5 Å². The molecule has 6 nitrogen and oxygen atoms in total. The number of benzene rings is 2. The van der Waals surface area contributed by atoms with Crippen LogP contribution < -0.4 is 5.73 Å². The van der Waals surface area contributed by atoms with Crippen molar-refractivity contribution < 1.29 is 4.39 Å². The Morgan fingerprint density at radius 3 is 2.73 bits per heavy atom. The van der Waals surface area contributed by atoms with E-state index in [4.69, 9.17) is 22.3 Å². The summed E-state index contributed by atoms with van der Waals surface area (Å²) in [4.78, 5) is 20.9. The molecule has 0 amide bonds. The van der Waals surface area contributed by atoms with Crippen LogP contribution in [-0.4, -0.2) is 24.9 Å². The summed E-state index contributed by atoms with van der Waals surface area (Å²) >= 11 is 6.47. The van der Waals surface area contributed by atoms with Gasteiger partial charge in [-0.15, -0.1) is 0 Å². The SMILES string of the molecule is C[C@@H](c1nc(N)c2[nH]cnc2n1)c1cc2ccc(F)cc2nc1-c1ccccc1Cl. The highest BCUT2D eigenvalue weighted by molar-refractivity contribution is 6.33. The molecule has 5 rings (SSSR count). The maximum atomic E-state index is 13.8. The molecular weight excluding hydrogens is 403 g/mol. The van der Waals surface area contributed by atoms with Crippen molar-refractivity contribution in [2.45, 2.75) is 12.8 Å². The van der Waals surface area contributed by atoms with Gasteiger partial charge in [-0.1, -0.05) is 36.7 Å². The molecule has 0 radical (unpaired) electrons. The number of aromatic amines is 1. The third-order valence-electron chi connectivity index (χ3n) is 5.12. The predicted octanol–water partition coefficient (Wildman–Crippen LogP) is 5.09. The van der Waals surface area contributed by atoms with E-state index in [-0.39, 0.29) is 11.7 Å². The number of aromatic nitrogens is 5. The molecule has 0 saturated carbocycles. The third kappa shape index (κ3) is 3.04. The van der Waals surface area contributed by atoms with E-state index in [1.807, 2.05) is 31.2 Å². The molecule has 8 heteroatoms. The van der Waals surface area contributed by atoms with Crippen LogP contribution in [0.15, 0.2) is 54.9 Å². The largest absolute Gasteiger partial charge is 0.382 e. The molecule has 3 aromatic heterocycles. The van der Waals surface area contributed by atoms with E-state index >= 15 is 0 Å². The molecule has 5 aromatic rings. The number of imidazole rings is 1. The molecule has 3 N–H and O–H groups in total. The van der Waals surface area contributed by atoms with Crippen molar-refractivity contribution in [1.82, 2.24) is 24.9 Å². The molecule has 0 unspecified atom stereocenters. The monoisotopic (exact) mass is 418 g/mol. The Morgan fingerprint density at radius 2 is 1.90 bits per heavy atom. The fraction of sp³-hybridized carbons (Fsp3) is 0.0909. The molecule has 3 heterocycles. The highest BCUT2D eigenvalue weighted by Crippen LogP contribution is 2.36. The van der Waals surface area contributed by atoms with Gasteiger partial charge in [0.25, 0.3) is 0 Å². The van der Waals surface area contributed by atoms with Gasteiger partial charge in [0, 0.05) is 28.0 Å². The zero-order valence-electron chi connectivity index (χ0n) is 15.9. The normalized spacial score (nSPS) is 12.5. The summed E-state index contributed by atoms with van der Waals surface area (Å²) in [5.41, 5.74) is 10.0. The van der Waals surface area contributed by atoms with Crippen LogP contribution in [0.1, 0.15) is 24.2 Å². The number of pyridine rings is 1. The topological polar surface area (TPSA) is 93.4 Å². The molecule has 148 valence electrons. The Kier molecular flexibility index (Phi) is 4.33. The minimum Gasteiger partial charge on any atom is -0.382 e. The lowest BCUT2D eigenvalue weighted by atomic mass is 9.93. The van der Waals surface area contributed by atoms with Gasteiger partial charge in [-0.25, -0.2) is 24.3 Å². The minimum absolute atomic E-state index is 0.262. The molecular formula is C22H16ClFN6. The van der Waals surface area contributed by atoms with E-state index in [9.17, 15) is 4.39 Å². The first-order valence-electron chi connectivity index (χ1n) is 9.33. The zero-order chi connectivity index (χ0) is 20.8. The van der Waals surface area contributed by atoms with Crippen molar-refractivity contribution in [2.75, 3.05) is 5.73 Å². The molecule has 0 aliphatic heterocycles. The van der Waals surface area contributed by atoms with Gasteiger partial charge < -0.3 is 10.7 Å². The van der Waals surface area contributed by atoms with Crippen molar-refractivity contribution in [2.24, 2.45) is 0 Å². The Balaban J connectivity index is 1.76. The number of H-pyrrole nitrogens is 1. The van der Waals surface area contributed by atoms with E-state index in [0.717, 1.165) is 16.5 Å². The lowest BCUT2D eigenvalue weighted by molar-refractivity contribution is 0.629. The predicted molar refractivity (Wildman–Crippen MR) is 116 cm³/mol. The fourth-order valence-electron chi connectivity index (χ4n) is 3.56. The van der Waals surface area contributed by atoms with Gasteiger partial charge in [0.2, 0.25) is 0 Å². The zero-order valence-corrected chi connectivity index (χ0v) is 16.7. The van der Waals surface area contributed by atoms with Gasteiger partial charge >= 0.3 is 0 Å². The third-order valence-corrected chi connectivity index (χ3v) is 5.45. The second-order valence-electron chi connectivity index (χ2n) is 7.03. The van der Waals surface area contributed by atoms with Crippen molar-refractivity contribution in [1.29, 1.82) is 0 Å². The Hall–Kier alpha value is -3.58. The lowest BCUT2D eigenvalue weighted by Crippen LogP contribution is -2.08. The van der Waals surface area contributed by atoms with Crippen LogP contribution in [0, 0.1) is 5.82 Å². The van der Waals surface area contributed by atoms with Crippen LogP contribution in [0.5, 0.6) is 0 Å². The van der Waals surface area contributed by atoms with Crippen LogP contribution in [0.2, 0.25) is 5.02 Å². The Labute approximate surface area is 176 Å². The number of fused-ring (bicyclic) bond motifs is 2. The fourth-order valence-corrected chi connectivity index (χ4v) is 3.79. The first-order valence-corrected chi connectivity index (χ1v) is 9.70. The quantitative estimate of drug-likeness (QED) is 0.425. The first kappa shape index (κ1) is 18.4. The maximum Gasteiger partial charge on any atom is 0.183 e. The van der Waals surface area contributed by atoms with Crippen molar-refractivity contribution >= 4 is 39.5 Å². The number of nitrogens with zero attached hydrogens (tertiary/aromatic N) is 4. The molecule has 0 spiro atoms. The first-order chi connectivity index (χ1) is 14.5. The summed E-state index contributed by atoms with van der Waals surface area (Å²) in [5, 5.41) is 1.36. The maximum absolute atomic E-state index is 13.8.